The largest absolute Gasteiger partial charge is 0.487 e. The maximum atomic E-state index is 11.2. The second kappa shape index (κ2) is 7.55. The molecule has 19 heavy (non-hydrogen) atoms. The van der Waals surface area contributed by atoms with Gasteiger partial charge in [0, 0.05) is 13.1 Å². The molecule has 2 N–H and O–H groups in total. The number of nitro benzene ring substituents is 1. The molecule has 106 valence electrons. The van der Waals surface area contributed by atoms with Gasteiger partial charge in [0.2, 0.25) is 0 Å². The lowest BCUT2D eigenvalue weighted by Gasteiger charge is -2.23. The summed E-state index contributed by atoms with van der Waals surface area (Å²) in [5.41, 5.74) is 0.185. The highest BCUT2D eigenvalue weighted by atomic mass is 16.6. The van der Waals surface area contributed by atoms with Crippen molar-refractivity contribution < 1.29 is 19.9 Å². The van der Waals surface area contributed by atoms with E-state index < -0.39 is 4.92 Å². The highest BCUT2D eigenvalue weighted by molar-refractivity contribution is 5.69. The van der Waals surface area contributed by atoms with E-state index in [1.807, 2.05) is 0 Å². The van der Waals surface area contributed by atoms with Crippen molar-refractivity contribution in [3.63, 3.8) is 0 Å². The third kappa shape index (κ3) is 3.80. The van der Waals surface area contributed by atoms with Gasteiger partial charge < -0.3 is 19.8 Å². The van der Waals surface area contributed by atoms with E-state index in [4.69, 9.17) is 14.9 Å². The minimum absolute atomic E-state index is 0.147. The third-order valence-corrected chi connectivity index (χ3v) is 2.54. The van der Waals surface area contributed by atoms with Crippen LogP contribution in [0, 0.1) is 10.1 Å². The first kappa shape index (κ1) is 15.2. The van der Waals surface area contributed by atoms with Crippen LogP contribution < -0.4 is 9.64 Å². The second-order valence-electron chi connectivity index (χ2n) is 3.75. The lowest BCUT2D eigenvalue weighted by molar-refractivity contribution is -0.385. The molecule has 0 saturated heterocycles. The zero-order valence-corrected chi connectivity index (χ0v) is 10.8. The molecule has 0 fully saturated rings. The first-order valence-electron chi connectivity index (χ1n) is 6.02. The number of aliphatic hydroxyl groups is 2. The van der Waals surface area contributed by atoms with Gasteiger partial charge in [0.15, 0.2) is 5.75 Å². The van der Waals surface area contributed by atoms with Crippen molar-refractivity contribution in [1.82, 2.24) is 0 Å². The highest BCUT2D eigenvalue weighted by Gasteiger charge is 2.24. The normalized spacial score (nSPS) is 10.3. The number of ether oxygens (including phenoxy) is 1. The molecular formula is C12H18N2O5. The summed E-state index contributed by atoms with van der Waals surface area (Å²) in [6.07, 6.45) is 0. The second-order valence-corrected chi connectivity index (χ2v) is 3.75. The minimum atomic E-state index is -0.512. The number of nitrogens with zero attached hydrogens (tertiary/aromatic N) is 2. The Bertz CT molecular complexity index is 419. The number of para-hydroxylation sites is 1. The van der Waals surface area contributed by atoms with Crippen LogP contribution in [0.3, 0.4) is 0 Å². The Morgan fingerprint density at radius 3 is 2.42 bits per heavy atom. The molecule has 0 aromatic heterocycles. The van der Waals surface area contributed by atoms with E-state index in [1.54, 1.807) is 24.0 Å². The summed E-state index contributed by atoms with van der Waals surface area (Å²) in [4.78, 5) is 12.2. The Morgan fingerprint density at radius 1 is 1.32 bits per heavy atom. The van der Waals surface area contributed by atoms with Crippen molar-refractivity contribution in [2.45, 2.75) is 6.92 Å². The number of rotatable bonds is 8. The van der Waals surface area contributed by atoms with E-state index in [0.717, 1.165) is 0 Å². The minimum Gasteiger partial charge on any atom is -0.487 e. The number of aliphatic hydroxyl groups excluding tert-OH is 2. The van der Waals surface area contributed by atoms with Gasteiger partial charge in [-0.15, -0.1) is 0 Å². The molecule has 0 amide bonds. The average molecular weight is 270 g/mol. The standard InChI is InChI=1S/C12H18N2O5/c1-2-19-11-5-3-4-10(12(11)14(17)18)13(6-8-15)7-9-16/h3-5,15-16H,2,6-9H2,1H3. The van der Waals surface area contributed by atoms with Crippen LogP contribution in [-0.4, -0.2) is 48.0 Å². The van der Waals surface area contributed by atoms with E-state index in [-0.39, 0.29) is 37.7 Å². The topological polar surface area (TPSA) is 96.1 Å². The summed E-state index contributed by atoms with van der Waals surface area (Å²) < 4.78 is 5.25. The quantitative estimate of drug-likeness (QED) is 0.535. The fraction of sp³-hybridized carbons (Fsp3) is 0.500. The van der Waals surface area contributed by atoms with Crippen molar-refractivity contribution in [2.75, 3.05) is 37.8 Å². The molecule has 0 spiro atoms. The summed E-state index contributed by atoms with van der Waals surface area (Å²) in [6.45, 7) is 2.17. The van der Waals surface area contributed by atoms with Crippen molar-refractivity contribution in [3.8, 4) is 5.75 Å². The zero-order chi connectivity index (χ0) is 14.3. The van der Waals surface area contributed by atoms with Gasteiger partial charge in [-0.1, -0.05) is 6.07 Å². The molecule has 0 atom stereocenters. The van der Waals surface area contributed by atoms with Crippen molar-refractivity contribution in [3.05, 3.63) is 28.3 Å². The van der Waals surface area contributed by atoms with Crippen LogP contribution in [0.4, 0.5) is 11.4 Å². The molecule has 0 heterocycles. The van der Waals surface area contributed by atoms with E-state index in [0.29, 0.717) is 12.3 Å². The van der Waals surface area contributed by atoms with Crippen LogP contribution >= 0.6 is 0 Å². The summed E-state index contributed by atoms with van der Waals surface area (Å²) in [7, 11) is 0. The zero-order valence-electron chi connectivity index (χ0n) is 10.8. The summed E-state index contributed by atoms with van der Waals surface area (Å²) >= 11 is 0. The molecule has 0 unspecified atom stereocenters. The maximum absolute atomic E-state index is 11.2. The van der Waals surface area contributed by atoms with Gasteiger partial charge in [0.05, 0.1) is 24.7 Å². The molecule has 0 bridgehead atoms. The fourth-order valence-corrected chi connectivity index (χ4v) is 1.82. The molecule has 1 aromatic carbocycles. The number of anilines is 1. The third-order valence-electron chi connectivity index (χ3n) is 2.54. The summed E-state index contributed by atoms with van der Waals surface area (Å²) in [5.74, 6) is 0.186. The van der Waals surface area contributed by atoms with E-state index in [1.165, 1.54) is 6.07 Å². The monoisotopic (exact) mass is 270 g/mol. The lowest BCUT2D eigenvalue weighted by Crippen LogP contribution is -2.30. The number of hydrogen-bond acceptors (Lipinski definition) is 6. The van der Waals surface area contributed by atoms with Gasteiger partial charge in [-0.05, 0) is 19.1 Å². The molecule has 1 aromatic rings. The van der Waals surface area contributed by atoms with E-state index in [2.05, 4.69) is 0 Å². The molecule has 0 radical (unpaired) electrons. The number of nitro groups is 1. The maximum Gasteiger partial charge on any atom is 0.333 e. The highest BCUT2D eigenvalue weighted by Crippen LogP contribution is 2.36. The van der Waals surface area contributed by atoms with Gasteiger partial charge >= 0.3 is 5.69 Å². The van der Waals surface area contributed by atoms with Crippen LogP contribution in [0.2, 0.25) is 0 Å². The SMILES string of the molecule is CCOc1cccc(N(CCO)CCO)c1[N+](=O)[O-]. The van der Waals surface area contributed by atoms with Crippen LogP contribution in [0.15, 0.2) is 18.2 Å². The average Bonchev–Trinajstić information content (AvgIpc) is 2.38. The fourth-order valence-electron chi connectivity index (χ4n) is 1.82. The molecule has 0 aliphatic heterocycles. The van der Waals surface area contributed by atoms with E-state index >= 15 is 0 Å². The summed E-state index contributed by atoms with van der Waals surface area (Å²) in [5, 5.41) is 29.2. The Balaban J connectivity index is 3.23. The van der Waals surface area contributed by atoms with Gasteiger partial charge in [0.1, 0.15) is 5.69 Å². The van der Waals surface area contributed by atoms with Gasteiger partial charge in [0.25, 0.3) is 0 Å². The van der Waals surface area contributed by atoms with Crippen molar-refractivity contribution >= 4 is 11.4 Å². The van der Waals surface area contributed by atoms with Crippen LogP contribution in [0.25, 0.3) is 0 Å². The predicted octanol–water partition coefficient (Wildman–Crippen LogP) is 0.784. The van der Waals surface area contributed by atoms with E-state index in [9.17, 15) is 10.1 Å². The molecule has 0 aliphatic carbocycles. The lowest BCUT2D eigenvalue weighted by atomic mass is 10.2. The Hall–Kier alpha value is -1.86. The number of hydrogen-bond donors (Lipinski definition) is 2. The predicted molar refractivity (Wildman–Crippen MR) is 70.7 cm³/mol. The first-order valence-corrected chi connectivity index (χ1v) is 6.02. The van der Waals surface area contributed by atoms with Crippen LogP contribution in [0.1, 0.15) is 6.92 Å². The molecule has 0 aliphatic rings. The summed E-state index contributed by atoms with van der Waals surface area (Å²) in [6, 6.07) is 4.75. The Kier molecular flexibility index (Phi) is 6.04. The molecule has 0 saturated carbocycles. The Morgan fingerprint density at radius 2 is 1.95 bits per heavy atom. The van der Waals surface area contributed by atoms with Crippen LogP contribution in [-0.2, 0) is 0 Å². The smallest absolute Gasteiger partial charge is 0.333 e. The van der Waals surface area contributed by atoms with Crippen molar-refractivity contribution in [2.24, 2.45) is 0 Å². The molecular weight excluding hydrogens is 252 g/mol. The first-order chi connectivity index (χ1) is 9.15. The Labute approximate surface area is 111 Å². The number of benzene rings is 1. The van der Waals surface area contributed by atoms with Crippen molar-refractivity contribution in [1.29, 1.82) is 0 Å². The van der Waals surface area contributed by atoms with Gasteiger partial charge in [-0.3, -0.25) is 10.1 Å². The van der Waals surface area contributed by atoms with Gasteiger partial charge in [-0.2, -0.15) is 0 Å². The molecule has 1 rings (SSSR count). The molecule has 7 heteroatoms. The van der Waals surface area contributed by atoms with Crippen LogP contribution in [0.5, 0.6) is 5.75 Å². The molecule has 7 nitrogen and oxygen atoms in total. The van der Waals surface area contributed by atoms with Gasteiger partial charge in [-0.25, -0.2) is 0 Å².